The van der Waals surface area contributed by atoms with E-state index in [0.29, 0.717) is 54.3 Å². The highest BCUT2D eigenvalue weighted by Crippen LogP contribution is 2.26. The predicted molar refractivity (Wildman–Crippen MR) is 131 cm³/mol. The van der Waals surface area contributed by atoms with Gasteiger partial charge in [0.15, 0.2) is 11.3 Å². The number of ether oxygens (including phenoxy) is 1. The molecule has 0 aliphatic carbocycles. The zero-order valence-corrected chi connectivity index (χ0v) is 19.2. The molecule has 3 heterocycles. The number of fused-ring (bicyclic) bond motifs is 4. The van der Waals surface area contributed by atoms with Gasteiger partial charge < -0.3 is 9.30 Å². The summed E-state index contributed by atoms with van der Waals surface area (Å²) in [5.41, 5.74) is 5.72. The van der Waals surface area contributed by atoms with Crippen LogP contribution in [0.3, 0.4) is 0 Å². The molecule has 5 rings (SSSR count). The third kappa shape index (κ3) is 3.89. The summed E-state index contributed by atoms with van der Waals surface area (Å²) in [6, 6.07) is 16.1. The second-order valence-corrected chi connectivity index (χ2v) is 8.32. The van der Waals surface area contributed by atoms with Crippen LogP contribution < -0.4 is 5.56 Å². The molecule has 0 bridgehead atoms. The highest BCUT2D eigenvalue weighted by atomic mass is 16.5. The largest absolute Gasteiger partial charge is 0.382 e. The van der Waals surface area contributed by atoms with Crippen molar-refractivity contribution >= 4 is 33.2 Å². The highest BCUT2D eigenvalue weighted by molar-refractivity contribution is 6.04. The van der Waals surface area contributed by atoms with Crippen molar-refractivity contribution in [1.82, 2.24) is 24.1 Å². The van der Waals surface area contributed by atoms with Crippen molar-refractivity contribution in [2.75, 3.05) is 13.2 Å². The van der Waals surface area contributed by atoms with Crippen LogP contribution in [0.4, 0.5) is 0 Å². The quantitative estimate of drug-likeness (QED) is 0.350. The zero-order chi connectivity index (χ0) is 22.9. The van der Waals surface area contributed by atoms with Crippen molar-refractivity contribution in [3.63, 3.8) is 0 Å². The van der Waals surface area contributed by atoms with Crippen LogP contribution in [0.25, 0.3) is 33.2 Å². The summed E-state index contributed by atoms with van der Waals surface area (Å²) in [5.74, 6) is 0.682. The number of aromatic nitrogens is 5. The van der Waals surface area contributed by atoms with Crippen molar-refractivity contribution in [3.05, 3.63) is 75.8 Å². The van der Waals surface area contributed by atoms with E-state index in [1.807, 2.05) is 42.7 Å². The van der Waals surface area contributed by atoms with E-state index in [2.05, 4.69) is 31.2 Å². The van der Waals surface area contributed by atoms with Crippen molar-refractivity contribution in [1.29, 1.82) is 0 Å². The Kier molecular flexibility index (Phi) is 5.64. The van der Waals surface area contributed by atoms with Gasteiger partial charge in [0, 0.05) is 19.8 Å². The summed E-state index contributed by atoms with van der Waals surface area (Å²) in [6.07, 6.45) is 0.748. The minimum atomic E-state index is -0.0776. The Hall–Kier alpha value is -3.58. The molecule has 0 aliphatic rings. The van der Waals surface area contributed by atoms with E-state index in [9.17, 15) is 4.79 Å². The smallest absolute Gasteiger partial charge is 0.265 e. The number of rotatable bonds is 7. The van der Waals surface area contributed by atoms with E-state index in [1.165, 1.54) is 5.56 Å². The molecule has 2 aromatic carbocycles. The summed E-state index contributed by atoms with van der Waals surface area (Å²) in [4.78, 5) is 28.3. The van der Waals surface area contributed by atoms with Crippen LogP contribution >= 0.6 is 0 Å². The van der Waals surface area contributed by atoms with Crippen LogP contribution in [-0.2, 0) is 17.8 Å². The van der Waals surface area contributed by atoms with Crippen molar-refractivity contribution in [2.45, 2.75) is 40.3 Å². The first-order valence-corrected chi connectivity index (χ1v) is 11.4. The van der Waals surface area contributed by atoms with E-state index >= 15 is 0 Å². The van der Waals surface area contributed by atoms with Gasteiger partial charge in [0.2, 0.25) is 0 Å². The molecule has 0 N–H and O–H groups in total. The average Bonchev–Trinajstić information content (AvgIpc) is 3.10. The van der Waals surface area contributed by atoms with Crippen LogP contribution in [0.5, 0.6) is 0 Å². The predicted octanol–water partition coefficient (Wildman–Crippen LogP) is 4.39. The van der Waals surface area contributed by atoms with Crippen molar-refractivity contribution < 1.29 is 4.74 Å². The normalized spacial score (nSPS) is 11.7. The van der Waals surface area contributed by atoms with E-state index < -0.39 is 0 Å². The molecule has 0 radical (unpaired) electrons. The Labute approximate surface area is 191 Å². The number of hydrogen-bond donors (Lipinski definition) is 0. The standard InChI is InChI=1S/C26H27N5O2/c1-4-33-15-7-14-30-18(3)27-24-22(26(30)32)23-25(29-21-9-6-5-8-20(21)28-23)31(24)16-19-12-10-17(2)11-13-19/h5-6,8-13H,4,7,14-16H2,1-3H3. The highest BCUT2D eigenvalue weighted by Gasteiger charge is 2.21. The summed E-state index contributed by atoms with van der Waals surface area (Å²) in [6.45, 7) is 8.32. The summed E-state index contributed by atoms with van der Waals surface area (Å²) in [7, 11) is 0. The topological polar surface area (TPSA) is 74.8 Å². The monoisotopic (exact) mass is 441 g/mol. The summed E-state index contributed by atoms with van der Waals surface area (Å²) < 4.78 is 9.21. The maximum Gasteiger partial charge on any atom is 0.265 e. The molecule has 0 aliphatic heterocycles. The van der Waals surface area contributed by atoms with Crippen molar-refractivity contribution in [2.24, 2.45) is 0 Å². The maximum atomic E-state index is 13.7. The van der Waals surface area contributed by atoms with Gasteiger partial charge in [-0.1, -0.05) is 42.0 Å². The number of para-hydroxylation sites is 2. The lowest BCUT2D eigenvalue weighted by atomic mass is 10.1. The van der Waals surface area contributed by atoms with Crippen LogP contribution in [0.15, 0.2) is 53.3 Å². The van der Waals surface area contributed by atoms with E-state index in [0.717, 1.165) is 23.0 Å². The average molecular weight is 442 g/mol. The molecule has 5 aromatic rings. The molecule has 0 atom stereocenters. The van der Waals surface area contributed by atoms with Gasteiger partial charge in [0.1, 0.15) is 16.7 Å². The molecule has 0 fully saturated rings. The fraction of sp³-hybridized carbons (Fsp3) is 0.308. The van der Waals surface area contributed by atoms with Crippen LogP contribution in [0.2, 0.25) is 0 Å². The molecule has 0 amide bonds. The van der Waals surface area contributed by atoms with Gasteiger partial charge in [-0.3, -0.25) is 9.36 Å². The molecule has 3 aromatic heterocycles. The third-order valence-electron chi connectivity index (χ3n) is 5.98. The van der Waals surface area contributed by atoms with Crippen molar-refractivity contribution in [3.8, 4) is 0 Å². The molecule has 7 nitrogen and oxygen atoms in total. The molecular formula is C26H27N5O2. The molecule has 0 saturated heterocycles. The summed E-state index contributed by atoms with van der Waals surface area (Å²) >= 11 is 0. The molecule has 0 spiro atoms. The van der Waals surface area contributed by atoms with Gasteiger partial charge in [-0.05, 0) is 44.9 Å². The lowest BCUT2D eigenvalue weighted by Crippen LogP contribution is -2.25. The first-order valence-electron chi connectivity index (χ1n) is 11.4. The zero-order valence-electron chi connectivity index (χ0n) is 19.2. The minimum absolute atomic E-state index is 0.0776. The number of aryl methyl sites for hydroxylation is 2. The second-order valence-electron chi connectivity index (χ2n) is 8.32. The van der Waals surface area contributed by atoms with Gasteiger partial charge in [-0.15, -0.1) is 0 Å². The molecule has 7 heteroatoms. The lowest BCUT2D eigenvalue weighted by molar-refractivity contribution is 0.141. The Morgan fingerprint density at radius 2 is 1.61 bits per heavy atom. The number of nitrogens with zero attached hydrogens (tertiary/aromatic N) is 5. The van der Waals surface area contributed by atoms with Gasteiger partial charge in [-0.2, -0.15) is 0 Å². The third-order valence-corrected chi connectivity index (χ3v) is 5.98. The van der Waals surface area contributed by atoms with E-state index in [-0.39, 0.29) is 5.56 Å². The van der Waals surface area contributed by atoms with Crippen LogP contribution in [0, 0.1) is 13.8 Å². The Bertz CT molecular complexity index is 1520. The summed E-state index contributed by atoms with van der Waals surface area (Å²) in [5, 5.41) is 0.525. The lowest BCUT2D eigenvalue weighted by Gasteiger charge is -2.11. The first kappa shape index (κ1) is 21.3. The van der Waals surface area contributed by atoms with Crippen LogP contribution in [0.1, 0.15) is 30.3 Å². The number of benzene rings is 2. The van der Waals surface area contributed by atoms with E-state index in [1.54, 1.807) is 4.57 Å². The number of hydrogen-bond acceptors (Lipinski definition) is 5. The van der Waals surface area contributed by atoms with Gasteiger partial charge in [0.05, 0.1) is 17.6 Å². The minimum Gasteiger partial charge on any atom is -0.382 e. The Morgan fingerprint density at radius 1 is 0.879 bits per heavy atom. The second kappa shape index (κ2) is 8.75. The first-order chi connectivity index (χ1) is 16.1. The van der Waals surface area contributed by atoms with Gasteiger partial charge in [0.25, 0.3) is 5.56 Å². The van der Waals surface area contributed by atoms with Gasteiger partial charge >= 0.3 is 0 Å². The fourth-order valence-electron chi connectivity index (χ4n) is 4.25. The molecule has 0 saturated carbocycles. The van der Waals surface area contributed by atoms with Gasteiger partial charge in [-0.25, -0.2) is 15.0 Å². The molecular weight excluding hydrogens is 414 g/mol. The Balaban J connectivity index is 1.75. The molecule has 168 valence electrons. The Morgan fingerprint density at radius 3 is 2.33 bits per heavy atom. The molecule has 0 unspecified atom stereocenters. The van der Waals surface area contributed by atoms with Crippen LogP contribution in [-0.4, -0.2) is 37.3 Å². The van der Waals surface area contributed by atoms with E-state index in [4.69, 9.17) is 19.7 Å². The maximum absolute atomic E-state index is 13.7. The molecule has 33 heavy (non-hydrogen) atoms. The SMILES string of the molecule is CCOCCCn1c(C)nc2c(c1=O)c1nc3ccccc3nc1n2Cc1ccc(C)cc1. The fourth-order valence-corrected chi connectivity index (χ4v) is 4.25.